The Kier molecular flexibility index (Phi) is 4.91. The van der Waals surface area contributed by atoms with Crippen molar-refractivity contribution in [2.24, 2.45) is 0 Å². The zero-order valence-corrected chi connectivity index (χ0v) is 12.4. The number of ketones is 1. The molecule has 2 nitrogen and oxygen atoms in total. The van der Waals surface area contributed by atoms with Gasteiger partial charge in [-0.15, -0.1) is 0 Å². The first-order valence-electron chi connectivity index (χ1n) is 5.60. The van der Waals surface area contributed by atoms with Crippen LogP contribution in [0.5, 0.6) is 0 Å². The van der Waals surface area contributed by atoms with Crippen LogP contribution in [0.25, 0.3) is 0 Å². The van der Waals surface area contributed by atoms with E-state index in [-0.39, 0.29) is 21.2 Å². The summed E-state index contributed by atoms with van der Waals surface area (Å²) in [5.41, 5.74) is 0.184. The third-order valence-electron chi connectivity index (χ3n) is 2.57. The van der Waals surface area contributed by atoms with Crippen molar-refractivity contribution in [2.75, 3.05) is 5.75 Å². The van der Waals surface area contributed by atoms with Gasteiger partial charge < -0.3 is 0 Å². The number of carbonyl (C=O) groups excluding carboxylic acids is 1. The average molecular weight is 331 g/mol. The van der Waals surface area contributed by atoms with Gasteiger partial charge in [0, 0.05) is 10.6 Å². The molecule has 0 saturated carbocycles. The molecule has 1 atom stereocenters. The van der Waals surface area contributed by atoms with E-state index in [0.29, 0.717) is 5.02 Å². The predicted octanol–water partition coefficient (Wildman–Crippen LogP) is 4.12. The molecule has 0 aliphatic carbocycles. The van der Waals surface area contributed by atoms with Crippen LogP contribution in [0.2, 0.25) is 10.0 Å². The summed E-state index contributed by atoms with van der Waals surface area (Å²) < 4.78 is 25.5. The van der Waals surface area contributed by atoms with E-state index in [0.717, 1.165) is 0 Å². The topological polar surface area (TPSA) is 34.1 Å². The van der Waals surface area contributed by atoms with E-state index in [9.17, 15) is 13.4 Å². The highest BCUT2D eigenvalue weighted by atomic mass is 35.5. The molecule has 0 amide bonds. The molecule has 0 saturated heterocycles. The van der Waals surface area contributed by atoms with Crippen molar-refractivity contribution < 1.29 is 13.4 Å². The van der Waals surface area contributed by atoms with Gasteiger partial charge in [-0.3, -0.25) is 9.00 Å². The Morgan fingerprint density at radius 3 is 2.55 bits per heavy atom. The molecule has 0 fully saturated rings. The van der Waals surface area contributed by atoms with Crippen molar-refractivity contribution in [3.05, 3.63) is 63.9 Å². The minimum Gasteiger partial charge on any atom is -0.293 e. The fourth-order valence-electron chi connectivity index (χ4n) is 1.62. The van der Waals surface area contributed by atoms with E-state index in [1.165, 1.54) is 30.3 Å². The van der Waals surface area contributed by atoms with E-state index in [2.05, 4.69) is 0 Å². The van der Waals surface area contributed by atoms with E-state index < -0.39 is 22.4 Å². The van der Waals surface area contributed by atoms with E-state index in [1.54, 1.807) is 12.1 Å². The first kappa shape index (κ1) is 15.2. The lowest BCUT2D eigenvalue weighted by Crippen LogP contribution is -2.12. The maximum absolute atomic E-state index is 13.5. The minimum absolute atomic E-state index is 0.000925. The Morgan fingerprint density at radius 2 is 1.85 bits per heavy atom. The molecule has 2 aromatic carbocycles. The molecular formula is C14H9Cl2FO2S. The van der Waals surface area contributed by atoms with Crippen LogP contribution in [0.1, 0.15) is 10.4 Å². The highest BCUT2D eigenvalue weighted by Gasteiger charge is 2.17. The highest BCUT2D eigenvalue weighted by molar-refractivity contribution is 7.85. The van der Waals surface area contributed by atoms with Gasteiger partial charge in [-0.2, -0.15) is 0 Å². The number of carbonyl (C=O) groups is 1. The summed E-state index contributed by atoms with van der Waals surface area (Å²) in [6.07, 6.45) is 0. The van der Waals surface area contributed by atoms with Crippen LogP contribution in [-0.2, 0) is 10.8 Å². The molecule has 0 bridgehead atoms. The van der Waals surface area contributed by atoms with Crippen molar-refractivity contribution in [1.29, 1.82) is 0 Å². The number of benzene rings is 2. The maximum Gasteiger partial charge on any atom is 0.177 e. The van der Waals surface area contributed by atoms with Crippen molar-refractivity contribution in [3.8, 4) is 0 Å². The van der Waals surface area contributed by atoms with Crippen LogP contribution in [-0.4, -0.2) is 15.7 Å². The van der Waals surface area contributed by atoms with Gasteiger partial charge in [0.2, 0.25) is 0 Å². The fraction of sp³-hybridized carbons (Fsp3) is 0.0714. The number of hydrogen-bond acceptors (Lipinski definition) is 2. The van der Waals surface area contributed by atoms with Crippen molar-refractivity contribution in [1.82, 2.24) is 0 Å². The van der Waals surface area contributed by atoms with Crippen molar-refractivity contribution in [2.45, 2.75) is 4.90 Å². The highest BCUT2D eigenvalue weighted by Crippen LogP contribution is 2.22. The number of hydrogen-bond donors (Lipinski definition) is 0. The van der Waals surface area contributed by atoms with Crippen LogP contribution in [0.3, 0.4) is 0 Å². The summed E-state index contributed by atoms with van der Waals surface area (Å²) in [6.45, 7) is 0. The van der Waals surface area contributed by atoms with Gasteiger partial charge in [0.1, 0.15) is 5.82 Å². The van der Waals surface area contributed by atoms with Gasteiger partial charge in [0.15, 0.2) is 5.78 Å². The second kappa shape index (κ2) is 6.48. The third-order valence-corrected chi connectivity index (χ3v) is 4.48. The van der Waals surface area contributed by atoms with E-state index in [4.69, 9.17) is 23.2 Å². The second-order valence-corrected chi connectivity index (χ2v) is 6.23. The van der Waals surface area contributed by atoms with E-state index in [1.807, 2.05) is 0 Å². The minimum atomic E-state index is -1.77. The first-order chi connectivity index (χ1) is 9.49. The Morgan fingerprint density at radius 1 is 1.15 bits per heavy atom. The van der Waals surface area contributed by atoms with Gasteiger partial charge in [-0.25, -0.2) is 4.39 Å². The van der Waals surface area contributed by atoms with Crippen LogP contribution in [0.15, 0.2) is 47.4 Å². The molecular weight excluding hydrogens is 322 g/mol. The zero-order chi connectivity index (χ0) is 14.7. The molecule has 6 heteroatoms. The molecule has 0 spiro atoms. The molecule has 0 heterocycles. The number of halogens is 3. The largest absolute Gasteiger partial charge is 0.293 e. The molecule has 2 rings (SSSR count). The number of Topliss-reactive ketones (excluding diaryl/α,β-unsaturated/α-hetero) is 1. The summed E-state index contributed by atoms with van der Waals surface area (Å²) >= 11 is 11.7. The molecule has 0 N–H and O–H groups in total. The molecule has 0 aliphatic heterocycles. The Hall–Kier alpha value is -1.23. The molecule has 0 aliphatic rings. The predicted molar refractivity (Wildman–Crippen MR) is 78.5 cm³/mol. The lowest BCUT2D eigenvalue weighted by molar-refractivity contribution is 0.102. The molecule has 1 unspecified atom stereocenters. The Balaban J connectivity index is 2.22. The summed E-state index contributed by atoms with van der Waals surface area (Å²) in [6, 6.07) is 10.1. The van der Waals surface area contributed by atoms with Crippen LogP contribution < -0.4 is 0 Å². The summed E-state index contributed by atoms with van der Waals surface area (Å²) in [5, 5.41) is 0.583. The van der Waals surface area contributed by atoms with Crippen LogP contribution >= 0.6 is 23.2 Å². The number of rotatable bonds is 4. The van der Waals surface area contributed by atoms with Gasteiger partial charge >= 0.3 is 0 Å². The normalized spacial score (nSPS) is 12.2. The van der Waals surface area contributed by atoms with Gasteiger partial charge in [-0.1, -0.05) is 35.3 Å². The average Bonchev–Trinajstić information content (AvgIpc) is 2.41. The molecule has 104 valence electrons. The smallest absolute Gasteiger partial charge is 0.177 e. The van der Waals surface area contributed by atoms with Gasteiger partial charge in [0.05, 0.1) is 26.5 Å². The quantitative estimate of drug-likeness (QED) is 0.790. The van der Waals surface area contributed by atoms with Crippen molar-refractivity contribution >= 4 is 39.8 Å². The lowest BCUT2D eigenvalue weighted by atomic mass is 10.1. The lowest BCUT2D eigenvalue weighted by Gasteiger charge is -2.05. The Labute approximate surface area is 128 Å². The molecule has 2 aromatic rings. The summed E-state index contributed by atoms with van der Waals surface area (Å²) in [7, 11) is -1.77. The monoisotopic (exact) mass is 330 g/mol. The standard InChI is InChI=1S/C14H9Cl2FO2S/c15-9-5-6-11(16)10(7-9)13(18)8-20(19)14-4-2-1-3-12(14)17/h1-7H,8H2. The van der Waals surface area contributed by atoms with Crippen LogP contribution in [0, 0.1) is 5.82 Å². The van der Waals surface area contributed by atoms with Gasteiger partial charge in [-0.05, 0) is 30.3 Å². The summed E-state index contributed by atoms with van der Waals surface area (Å²) in [4.78, 5) is 12.1. The van der Waals surface area contributed by atoms with Gasteiger partial charge in [0.25, 0.3) is 0 Å². The van der Waals surface area contributed by atoms with Crippen molar-refractivity contribution in [3.63, 3.8) is 0 Å². The fourth-order valence-corrected chi connectivity index (χ4v) is 3.08. The second-order valence-electron chi connectivity index (χ2n) is 3.97. The first-order valence-corrected chi connectivity index (χ1v) is 7.67. The van der Waals surface area contributed by atoms with E-state index >= 15 is 0 Å². The summed E-state index contributed by atoms with van der Waals surface area (Å²) in [5.74, 6) is -1.39. The Bertz CT molecular complexity index is 689. The molecule has 0 aromatic heterocycles. The maximum atomic E-state index is 13.5. The molecule has 20 heavy (non-hydrogen) atoms. The SMILES string of the molecule is O=C(CS(=O)c1ccccc1F)c1cc(Cl)ccc1Cl. The van der Waals surface area contributed by atoms with Crippen LogP contribution in [0.4, 0.5) is 4.39 Å². The zero-order valence-electron chi connectivity index (χ0n) is 10.1. The molecule has 0 radical (unpaired) electrons. The third kappa shape index (κ3) is 3.45.